The zero-order valence-electron chi connectivity index (χ0n) is 17.6. The Morgan fingerprint density at radius 3 is 2.65 bits per heavy atom. The maximum atomic E-state index is 12.7. The fourth-order valence-electron chi connectivity index (χ4n) is 3.50. The van der Waals surface area contributed by atoms with Gasteiger partial charge in [-0.25, -0.2) is 9.78 Å². The van der Waals surface area contributed by atoms with Gasteiger partial charge in [0.05, 0.1) is 18.4 Å². The number of para-hydroxylation sites is 2. The Balaban J connectivity index is 1.41. The van der Waals surface area contributed by atoms with Crippen LogP contribution in [0.1, 0.15) is 37.9 Å². The number of aryl methyl sites for hydroxylation is 2. The Morgan fingerprint density at radius 2 is 1.90 bits per heavy atom. The SMILES string of the molecule is Cc1cnc(C(=O)OCC(=O)c2cc(C)n(C[C@@H]3COc4ccccc4O3)c2C)cn1. The molecule has 160 valence electrons. The molecule has 1 aliphatic rings. The van der Waals surface area contributed by atoms with Gasteiger partial charge in [0.2, 0.25) is 5.78 Å². The van der Waals surface area contributed by atoms with Gasteiger partial charge in [0.15, 0.2) is 29.9 Å². The maximum Gasteiger partial charge on any atom is 0.358 e. The summed E-state index contributed by atoms with van der Waals surface area (Å²) in [6.45, 7) is 6.16. The van der Waals surface area contributed by atoms with E-state index in [0.717, 1.165) is 17.1 Å². The first-order valence-corrected chi connectivity index (χ1v) is 9.96. The molecule has 4 rings (SSSR count). The molecule has 3 heterocycles. The van der Waals surface area contributed by atoms with Crippen LogP contribution in [0.3, 0.4) is 0 Å². The summed E-state index contributed by atoms with van der Waals surface area (Å²) in [5.41, 5.74) is 2.97. The molecule has 2 aromatic heterocycles. The smallest absolute Gasteiger partial charge is 0.358 e. The topological polar surface area (TPSA) is 92.5 Å². The van der Waals surface area contributed by atoms with Crippen LogP contribution in [0.2, 0.25) is 0 Å². The summed E-state index contributed by atoms with van der Waals surface area (Å²) in [6.07, 6.45) is 2.63. The maximum absolute atomic E-state index is 12.7. The number of carbonyl (C=O) groups is 2. The Hall–Kier alpha value is -3.68. The first kappa shape index (κ1) is 20.6. The lowest BCUT2D eigenvalue weighted by atomic mass is 10.1. The second-order valence-corrected chi connectivity index (χ2v) is 7.44. The molecule has 0 N–H and O–H groups in total. The number of Topliss-reactive ketones (excluding diaryl/α,β-unsaturated/α-hetero) is 1. The zero-order valence-corrected chi connectivity index (χ0v) is 17.6. The average Bonchev–Trinajstić information content (AvgIpc) is 3.06. The highest BCUT2D eigenvalue weighted by molar-refractivity contribution is 6.00. The highest BCUT2D eigenvalue weighted by atomic mass is 16.6. The van der Waals surface area contributed by atoms with Crippen LogP contribution in [0.5, 0.6) is 11.5 Å². The van der Waals surface area contributed by atoms with Crippen molar-refractivity contribution in [3.8, 4) is 11.5 Å². The molecule has 1 aliphatic heterocycles. The van der Waals surface area contributed by atoms with Gasteiger partial charge in [-0.3, -0.25) is 9.78 Å². The number of fused-ring (bicyclic) bond motifs is 1. The minimum absolute atomic E-state index is 0.0681. The predicted molar refractivity (Wildman–Crippen MR) is 112 cm³/mol. The minimum atomic E-state index is -0.680. The van der Waals surface area contributed by atoms with Crippen LogP contribution in [-0.2, 0) is 11.3 Å². The number of carbonyl (C=O) groups excluding carboxylic acids is 2. The number of ketones is 1. The molecular formula is C23H23N3O5. The van der Waals surface area contributed by atoms with Gasteiger partial charge in [-0.2, -0.15) is 0 Å². The van der Waals surface area contributed by atoms with E-state index in [1.807, 2.05) is 42.7 Å². The van der Waals surface area contributed by atoms with Gasteiger partial charge in [-0.05, 0) is 39.0 Å². The van der Waals surface area contributed by atoms with Gasteiger partial charge in [0.1, 0.15) is 6.61 Å². The van der Waals surface area contributed by atoms with Crippen molar-refractivity contribution in [1.29, 1.82) is 0 Å². The van der Waals surface area contributed by atoms with Crippen molar-refractivity contribution in [2.45, 2.75) is 33.4 Å². The molecule has 8 nitrogen and oxygen atoms in total. The van der Waals surface area contributed by atoms with Crippen LogP contribution in [0, 0.1) is 20.8 Å². The van der Waals surface area contributed by atoms with E-state index in [9.17, 15) is 9.59 Å². The summed E-state index contributed by atoms with van der Waals surface area (Å²) in [7, 11) is 0. The first-order valence-electron chi connectivity index (χ1n) is 9.96. The lowest BCUT2D eigenvalue weighted by molar-refractivity contribution is 0.0468. The van der Waals surface area contributed by atoms with Crippen LogP contribution in [0.25, 0.3) is 0 Å². The van der Waals surface area contributed by atoms with E-state index in [4.69, 9.17) is 14.2 Å². The summed E-state index contributed by atoms with van der Waals surface area (Å²) in [4.78, 5) is 32.8. The van der Waals surface area contributed by atoms with E-state index in [1.54, 1.807) is 13.0 Å². The molecule has 1 atom stereocenters. The van der Waals surface area contributed by atoms with Crippen molar-refractivity contribution in [3.05, 3.63) is 71.1 Å². The molecule has 0 spiro atoms. The Labute approximate surface area is 179 Å². The van der Waals surface area contributed by atoms with Crippen LogP contribution in [-0.4, -0.2) is 45.6 Å². The fraction of sp³-hybridized carbons (Fsp3) is 0.304. The van der Waals surface area contributed by atoms with Crippen LogP contribution in [0.15, 0.2) is 42.7 Å². The van der Waals surface area contributed by atoms with Crippen molar-refractivity contribution >= 4 is 11.8 Å². The number of esters is 1. The van der Waals surface area contributed by atoms with Gasteiger partial charge in [0.25, 0.3) is 0 Å². The highest BCUT2D eigenvalue weighted by Gasteiger charge is 2.24. The molecule has 1 aromatic carbocycles. The third kappa shape index (κ3) is 4.42. The number of hydrogen-bond acceptors (Lipinski definition) is 7. The van der Waals surface area contributed by atoms with Crippen molar-refractivity contribution in [3.63, 3.8) is 0 Å². The van der Waals surface area contributed by atoms with E-state index < -0.39 is 5.97 Å². The number of aromatic nitrogens is 3. The largest absolute Gasteiger partial charge is 0.486 e. The normalized spacial score (nSPS) is 14.9. The summed E-state index contributed by atoms with van der Waals surface area (Å²) in [5, 5.41) is 0. The molecule has 8 heteroatoms. The highest BCUT2D eigenvalue weighted by Crippen LogP contribution is 2.31. The van der Waals surface area contributed by atoms with E-state index in [-0.39, 0.29) is 24.2 Å². The lowest BCUT2D eigenvalue weighted by Gasteiger charge is -2.27. The molecule has 0 fully saturated rings. The first-order chi connectivity index (χ1) is 14.9. The van der Waals surface area contributed by atoms with Crippen molar-refractivity contribution in [2.75, 3.05) is 13.2 Å². The van der Waals surface area contributed by atoms with Gasteiger partial charge in [-0.1, -0.05) is 12.1 Å². The van der Waals surface area contributed by atoms with Crippen LogP contribution < -0.4 is 9.47 Å². The fourth-order valence-corrected chi connectivity index (χ4v) is 3.50. The predicted octanol–water partition coefficient (Wildman–Crippen LogP) is 3.08. The Kier molecular flexibility index (Phi) is 5.70. The molecular weight excluding hydrogens is 398 g/mol. The second-order valence-electron chi connectivity index (χ2n) is 7.44. The Bertz CT molecular complexity index is 1120. The molecule has 0 amide bonds. The molecule has 3 aromatic rings. The summed E-state index contributed by atoms with van der Waals surface area (Å²) >= 11 is 0. The number of rotatable bonds is 6. The number of benzene rings is 1. The van der Waals surface area contributed by atoms with Gasteiger partial charge in [-0.15, -0.1) is 0 Å². The van der Waals surface area contributed by atoms with Gasteiger partial charge in [0, 0.05) is 23.1 Å². The summed E-state index contributed by atoms with van der Waals surface area (Å²) in [6, 6.07) is 9.35. The molecule has 0 bridgehead atoms. The van der Waals surface area contributed by atoms with Crippen LogP contribution in [0.4, 0.5) is 0 Å². The van der Waals surface area contributed by atoms with E-state index in [2.05, 4.69) is 9.97 Å². The number of nitrogens with zero attached hydrogens (tertiary/aromatic N) is 3. The standard InChI is InChI=1S/C23H23N3O5/c1-14-9-25-19(10-24-14)23(28)30-13-20(27)18-8-15(2)26(16(18)3)11-17-12-29-21-6-4-5-7-22(21)31-17/h4-10,17H,11-13H2,1-3H3/t17-/m1/s1. The molecule has 0 saturated carbocycles. The quantitative estimate of drug-likeness (QED) is 0.446. The molecule has 0 radical (unpaired) electrons. The van der Waals surface area contributed by atoms with E-state index in [0.29, 0.717) is 30.2 Å². The van der Waals surface area contributed by atoms with Crippen molar-refractivity contribution in [2.24, 2.45) is 0 Å². The van der Waals surface area contributed by atoms with Crippen LogP contribution >= 0.6 is 0 Å². The molecule has 0 saturated heterocycles. The monoisotopic (exact) mass is 421 g/mol. The molecule has 0 aliphatic carbocycles. The van der Waals surface area contributed by atoms with Crippen molar-refractivity contribution < 1.29 is 23.8 Å². The number of hydrogen-bond donors (Lipinski definition) is 0. The second kappa shape index (κ2) is 8.59. The lowest BCUT2D eigenvalue weighted by Crippen LogP contribution is -2.33. The van der Waals surface area contributed by atoms with E-state index >= 15 is 0 Å². The third-order valence-corrected chi connectivity index (χ3v) is 5.15. The summed E-state index contributed by atoms with van der Waals surface area (Å²) in [5.74, 6) is 0.485. The summed E-state index contributed by atoms with van der Waals surface area (Å²) < 4.78 is 19.0. The van der Waals surface area contributed by atoms with Gasteiger partial charge < -0.3 is 18.8 Å². The van der Waals surface area contributed by atoms with Crippen molar-refractivity contribution in [1.82, 2.24) is 14.5 Å². The minimum Gasteiger partial charge on any atom is -0.486 e. The average molecular weight is 421 g/mol. The molecule has 31 heavy (non-hydrogen) atoms. The Morgan fingerprint density at radius 1 is 1.13 bits per heavy atom. The van der Waals surface area contributed by atoms with Gasteiger partial charge >= 0.3 is 5.97 Å². The van der Waals surface area contributed by atoms with E-state index in [1.165, 1.54) is 12.4 Å². The number of ether oxygens (including phenoxy) is 3. The molecule has 0 unspecified atom stereocenters. The zero-order chi connectivity index (χ0) is 22.0. The third-order valence-electron chi connectivity index (χ3n) is 5.15.